The average Bonchev–Trinajstić information content (AvgIpc) is 2.86. The molecule has 0 fully saturated rings. The third-order valence-corrected chi connectivity index (χ3v) is 5.25. The number of nitrogens with zero attached hydrogens (tertiary/aromatic N) is 2. The van der Waals surface area contributed by atoms with E-state index in [1.807, 2.05) is 19.9 Å². The summed E-state index contributed by atoms with van der Waals surface area (Å²) < 4.78 is 0. The molecule has 0 atom stereocenters. The molecule has 0 aliphatic heterocycles. The zero-order valence-corrected chi connectivity index (χ0v) is 14.9. The summed E-state index contributed by atoms with van der Waals surface area (Å²) in [6, 6.07) is 6.18. The number of carboxylic acid groups (broad SMARTS) is 1. The first-order valence-electron chi connectivity index (χ1n) is 7.79. The van der Waals surface area contributed by atoms with Crippen LogP contribution < -0.4 is 5.32 Å². The summed E-state index contributed by atoms with van der Waals surface area (Å²) >= 11 is 1.19. The van der Waals surface area contributed by atoms with E-state index >= 15 is 0 Å². The second-order valence-electron chi connectivity index (χ2n) is 5.75. The van der Waals surface area contributed by atoms with Gasteiger partial charge >= 0.3 is 5.97 Å². The van der Waals surface area contributed by atoms with Crippen molar-refractivity contribution in [3.63, 3.8) is 0 Å². The molecule has 3 aromatic rings. The Balaban J connectivity index is 2.22. The van der Waals surface area contributed by atoms with Crippen LogP contribution in [0.15, 0.2) is 18.2 Å². The quantitative estimate of drug-likeness (QED) is 0.724. The standard InChI is InChI=1S/C18H19N3O2S/c1-5-12-8-6-7-9(2)14(12)21-16-13-10(3)15(18(22)23)24-17(13)20-11(4)19-16/h6-8H,5H2,1-4H3,(H,22,23)(H,19,20,21). The van der Waals surface area contributed by atoms with Crippen LogP contribution in [0.3, 0.4) is 0 Å². The van der Waals surface area contributed by atoms with Crippen LogP contribution in [0.25, 0.3) is 10.2 Å². The van der Waals surface area contributed by atoms with E-state index in [9.17, 15) is 9.90 Å². The van der Waals surface area contributed by atoms with Gasteiger partial charge in [-0.05, 0) is 43.9 Å². The molecule has 1 aromatic carbocycles. The van der Waals surface area contributed by atoms with Gasteiger partial charge in [0.25, 0.3) is 0 Å². The molecule has 2 aromatic heterocycles. The molecular formula is C18H19N3O2S. The van der Waals surface area contributed by atoms with Crippen molar-refractivity contribution in [3.8, 4) is 0 Å². The highest BCUT2D eigenvalue weighted by molar-refractivity contribution is 7.20. The lowest BCUT2D eigenvalue weighted by Gasteiger charge is -2.14. The van der Waals surface area contributed by atoms with Gasteiger partial charge in [-0.1, -0.05) is 25.1 Å². The molecule has 24 heavy (non-hydrogen) atoms. The minimum atomic E-state index is -0.927. The van der Waals surface area contributed by atoms with Crippen LogP contribution in [-0.2, 0) is 6.42 Å². The minimum absolute atomic E-state index is 0.313. The maximum absolute atomic E-state index is 11.4. The van der Waals surface area contributed by atoms with Crippen molar-refractivity contribution in [3.05, 3.63) is 45.6 Å². The Morgan fingerprint density at radius 1 is 1.25 bits per heavy atom. The molecule has 0 radical (unpaired) electrons. The molecule has 0 unspecified atom stereocenters. The van der Waals surface area contributed by atoms with Crippen LogP contribution in [-0.4, -0.2) is 21.0 Å². The van der Waals surface area contributed by atoms with E-state index in [0.717, 1.165) is 23.1 Å². The van der Waals surface area contributed by atoms with Gasteiger partial charge in [-0.3, -0.25) is 0 Å². The Bertz CT molecular complexity index is 947. The lowest BCUT2D eigenvalue weighted by molar-refractivity contribution is 0.0701. The first-order valence-corrected chi connectivity index (χ1v) is 8.60. The molecule has 124 valence electrons. The van der Waals surface area contributed by atoms with Crippen molar-refractivity contribution in [1.82, 2.24) is 9.97 Å². The number of carboxylic acids is 1. The Morgan fingerprint density at radius 2 is 2.00 bits per heavy atom. The Kier molecular flexibility index (Phi) is 4.24. The van der Waals surface area contributed by atoms with Crippen LogP contribution in [0.1, 0.15) is 39.1 Å². The molecule has 0 spiro atoms. The molecular weight excluding hydrogens is 322 g/mol. The van der Waals surface area contributed by atoms with Crippen LogP contribution >= 0.6 is 11.3 Å². The number of aromatic carboxylic acids is 1. The summed E-state index contributed by atoms with van der Waals surface area (Å²) in [4.78, 5) is 21.4. The predicted molar refractivity (Wildman–Crippen MR) is 97.7 cm³/mol. The summed E-state index contributed by atoms with van der Waals surface area (Å²) in [6.07, 6.45) is 0.903. The summed E-state index contributed by atoms with van der Waals surface area (Å²) in [6.45, 7) is 7.79. The van der Waals surface area contributed by atoms with Crippen molar-refractivity contribution >= 4 is 39.0 Å². The third-order valence-electron chi connectivity index (χ3n) is 4.08. The highest BCUT2D eigenvalue weighted by Gasteiger charge is 2.20. The second-order valence-corrected chi connectivity index (χ2v) is 6.75. The van der Waals surface area contributed by atoms with Crippen molar-refractivity contribution in [2.75, 3.05) is 5.32 Å². The molecule has 0 saturated carbocycles. The summed E-state index contributed by atoms with van der Waals surface area (Å²) in [5, 5.41) is 13.6. The zero-order valence-electron chi connectivity index (χ0n) is 14.1. The molecule has 0 aliphatic carbocycles. The second kappa shape index (κ2) is 6.20. The van der Waals surface area contributed by atoms with Crippen molar-refractivity contribution in [1.29, 1.82) is 0 Å². The van der Waals surface area contributed by atoms with E-state index in [1.54, 1.807) is 0 Å². The molecule has 5 nitrogen and oxygen atoms in total. The number of thiophene rings is 1. The first-order chi connectivity index (χ1) is 11.4. The van der Waals surface area contributed by atoms with E-state index in [2.05, 4.69) is 41.3 Å². The van der Waals surface area contributed by atoms with Crippen molar-refractivity contribution in [2.45, 2.75) is 34.1 Å². The Hall–Kier alpha value is -2.47. The molecule has 0 saturated heterocycles. The lowest BCUT2D eigenvalue weighted by Crippen LogP contribution is -2.03. The fourth-order valence-electron chi connectivity index (χ4n) is 2.86. The van der Waals surface area contributed by atoms with Gasteiger partial charge in [0.15, 0.2) is 0 Å². The number of nitrogens with one attached hydrogen (secondary N) is 1. The van der Waals surface area contributed by atoms with E-state index in [0.29, 0.717) is 26.9 Å². The smallest absolute Gasteiger partial charge is 0.346 e. The molecule has 2 heterocycles. The average molecular weight is 341 g/mol. The fraction of sp³-hybridized carbons (Fsp3) is 0.278. The maximum Gasteiger partial charge on any atom is 0.346 e. The molecule has 3 rings (SSSR count). The predicted octanol–water partition coefficient (Wildman–Crippen LogP) is 4.62. The highest BCUT2D eigenvalue weighted by Crippen LogP contribution is 2.36. The zero-order chi connectivity index (χ0) is 17.4. The van der Waals surface area contributed by atoms with Gasteiger partial charge in [-0.15, -0.1) is 11.3 Å². The molecule has 6 heteroatoms. The van der Waals surface area contributed by atoms with E-state index in [-0.39, 0.29) is 0 Å². The fourth-order valence-corrected chi connectivity index (χ4v) is 3.93. The lowest BCUT2D eigenvalue weighted by atomic mass is 10.1. The molecule has 0 amide bonds. The number of rotatable bonds is 4. The minimum Gasteiger partial charge on any atom is -0.477 e. The van der Waals surface area contributed by atoms with E-state index < -0.39 is 5.97 Å². The number of anilines is 2. The number of hydrogen-bond acceptors (Lipinski definition) is 5. The number of fused-ring (bicyclic) bond motifs is 1. The van der Waals surface area contributed by atoms with Gasteiger partial charge in [-0.25, -0.2) is 14.8 Å². The Morgan fingerprint density at radius 3 is 2.67 bits per heavy atom. The van der Waals surface area contributed by atoms with Gasteiger partial charge < -0.3 is 10.4 Å². The molecule has 2 N–H and O–H groups in total. The van der Waals surface area contributed by atoms with Gasteiger partial charge in [0, 0.05) is 5.69 Å². The van der Waals surface area contributed by atoms with Crippen LogP contribution in [0.2, 0.25) is 0 Å². The summed E-state index contributed by atoms with van der Waals surface area (Å²) in [5.74, 6) is 0.363. The Labute approximate surface area is 144 Å². The van der Waals surface area contributed by atoms with Crippen LogP contribution in [0.4, 0.5) is 11.5 Å². The highest BCUT2D eigenvalue weighted by atomic mass is 32.1. The van der Waals surface area contributed by atoms with E-state index in [4.69, 9.17) is 0 Å². The van der Waals surface area contributed by atoms with Crippen LogP contribution in [0, 0.1) is 20.8 Å². The van der Waals surface area contributed by atoms with Crippen molar-refractivity contribution < 1.29 is 9.90 Å². The molecule has 0 aliphatic rings. The van der Waals surface area contributed by atoms with Crippen LogP contribution in [0.5, 0.6) is 0 Å². The summed E-state index contributed by atoms with van der Waals surface area (Å²) in [7, 11) is 0. The number of para-hydroxylation sites is 1. The topological polar surface area (TPSA) is 75.1 Å². The monoisotopic (exact) mass is 341 g/mol. The number of hydrogen-bond donors (Lipinski definition) is 2. The van der Waals surface area contributed by atoms with E-state index in [1.165, 1.54) is 16.9 Å². The maximum atomic E-state index is 11.4. The number of benzene rings is 1. The summed E-state index contributed by atoms with van der Waals surface area (Å²) in [5.41, 5.74) is 4.06. The van der Waals surface area contributed by atoms with Gasteiger partial charge in [0.2, 0.25) is 0 Å². The largest absolute Gasteiger partial charge is 0.477 e. The third kappa shape index (κ3) is 2.73. The van der Waals surface area contributed by atoms with Gasteiger partial charge in [0.05, 0.1) is 5.39 Å². The number of aryl methyl sites for hydroxylation is 4. The SMILES string of the molecule is CCc1cccc(C)c1Nc1nc(C)nc2sc(C(=O)O)c(C)c12. The normalized spacial score (nSPS) is 11.0. The number of aromatic nitrogens is 2. The van der Waals surface area contributed by atoms with Crippen molar-refractivity contribution in [2.24, 2.45) is 0 Å². The van der Waals surface area contributed by atoms with Gasteiger partial charge in [0.1, 0.15) is 21.3 Å². The molecule has 0 bridgehead atoms. The van der Waals surface area contributed by atoms with Gasteiger partial charge in [-0.2, -0.15) is 0 Å². The number of carbonyl (C=O) groups is 1. The first kappa shape index (κ1) is 16.4.